The number of aromatic nitrogens is 3. The van der Waals surface area contributed by atoms with Crippen LogP contribution in [0.5, 0.6) is 5.75 Å². The summed E-state index contributed by atoms with van der Waals surface area (Å²) in [6.07, 6.45) is 1.97. The van der Waals surface area contributed by atoms with Gasteiger partial charge < -0.3 is 15.4 Å². The van der Waals surface area contributed by atoms with Crippen LogP contribution in [0.15, 0.2) is 79.0 Å². The molecule has 0 bridgehead atoms. The molecule has 2 aromatic carbocycles. The molecule has 0 unspecified atom stereocenters. The molecule has 7 nitrogen and oxygen atoms in total. The average molecular weight is 385 g/mol. The van der Waals surface area contributed by atoms with E-state index in [-0.39, 0.29) is 18.9 Å². The van der Waals surface area contributed by atoms with Gasteiger partial charge in [0.15, 0.2) is 11.6 Å². The number of fused-ring (bicyclic) bond motifs is 1. The second-order valence-corrected chi connectivity index (χ2v) is 6.27. The minimum Gasteiger partial charge on any atom is -0.493 e. The van der Waals surface area contributed by atoms with E-state index in [1.165, 1.54) is 0 Å². The Morgan fingerprint density at radius 3 is 2.48 bits per heavy atom. The van der Waals surface area contributed by atoms with Crippen LogP contribution in [0.1, 0.15) is 6.42 Å². The van der Waals surface area contributed by atoms with Crippen molar-refractivity contribution >= 4 is 34.1 Å². The first-order valence-electron chi connectivity index (χ1n) is 9.20. The van der Waals surface area contributed by atoms with E-state index in [0.717, 1.165) is 22.3 Å². The van der Waals surface area contributed by atoms with Crippen molar-refractivity contribution in [1.29, 1.82) is 0 Å². The molecular weight excluding hydrogens is 366 g/mol. The van der Waals surface area contributed by atoms with Crippen molar-refractivity contribution in [2.24, 2.45) is 0 Å². The third-order valence-electron chi connectivity index (χ3n) is 4.17. The summed E-state index contributed by atoms with van der Waals surface area (Å²) in [6, 6.07) is 22.6. The molecule has 0 radical (unpaired) electrons. The van der Waals surface area contributed by atoms with E-state index < -0.39 is 0 Å². The molecule has 0 aliphatic carbocycles. The van der Waals surface area contributed by atoms with Crippen LogP contribution in [0.2, 0.25) is 0 Å². The van der Waals surface area contributed by atoms with Gasteiger partial charge in [-0.05, 0) is 36.4 Å². The fraction of sp³-hybridized carbons (Fsp3) is 0.0909. The summed E-state index contributed by atoms with van der Waals surface area (Å²) in [5.74, 6) is 1.50. The van der Waals surface area contributed by atoms with Crippen LogP contribution in [0.3, 0.4) is 0 Å². The van der Waals surface area contributed by atoms with E-state index >= 15 is 0 Å². The smallest absolute Gasteiger partial charge is 0.229 e. The standard InChI is InChI=1S/C22H19N5O2/c28-21(13-15-29-17-8-2-1-3-9-17)25-20-12-11-19(26-27-20)24-18-10-4-6-16-7-5-14-23-22(16)18/h1-12,14H,13,15H2,(H,24,26)(H,25,27,28). The molecule has 4 rings (SSSR count). The molecule has 0 spiro atoms. The molecule has 0 aliphatic rings. The Bertz CT molecular complexity index is 1100. The molecule has 2 heterocycles. The van der Waals surface area contributed by atoms with Crippen molar-refractivity contribution in [3.8, 4) is 5.75 Å². The predicted molar refractivity (Wildman–Crippen MR) is 112 cm³/mol. The number of hydrogen-bond donors (Lipinski definition) is 2. The summed E-state index contributed by atoms with van der Waals surface area (Å²) >= 11 is 0. The van der Waals surface area contributed by atoms with Gasteiger partial charge in [0.05, 0.1) is 24.2 Å². The molecule has 144 valence electrons. The highest BCUT2D eigenvalue weighted by Gasteiger charge is 2.07. The third kappa shape index (κ3) is 4.84. The SMILES string of the molecule is O=C(CCOc1ccccc1)Nc1ccc(Nc2cccc3cccnc23)nn1. The van der Waals surface area contributed by atoms with Crippen LogP contribution in [0.25, 0.3) is 10.9 Å². The number of carbonyl (C=O) groups is 1. The molecule has 7 heteroatoms. The lowest BCUT2D eigenvalue weighted by atomic mass is 10.2. The van der Waals surface area contributed by atoms with E-state index in [4.69, 9.17) is 4.74 Å². The summed E-state index contributed by atoms with van der Waals surface area (Å²) < 4.78 is 5.52. The number of ether oxygens (including phenoxy) is 1. The third-order valence-corrected chi connectivity index (χ3v) is 4.17. The highest BCUT2D eigenvalue weighted by atomic mass is 16.5. The zero-order valence-electron chi connectivity index (χ0n) is 15.6. The maximum Gasteiger partial charge on any atom is 0.229 e. The van der Waals surface area contributed by atoms with Crippen molar-refractivity contribution < 1.29 is 9.53 Å². The first-order chi connectivity index (χ1) is 14.3. The lowest BCUT2D eigenvalue weighted by Crippen LogP contribution is -2.16. The lowest BCUT2D eigenvalue weighted by molar-refractivity contribution is -0.116. The second kappa shape index (κ2) is 8.79. The summed E-state index contributed by atoms with van der Waals surface area (Å²) in [6.45, 7) is 0.289. The number of nitrogens with zero attached hydrogens (tertiary/aromatic N) is 3. The Hall–Kier alpha value is -4.00. The molecule has 2 aromatic heterocycles. The van der Waals surface area contributed by atoms with Gasteiger partial charge in [-0.15, -0.1) is 10.2 Å². The summed E-state index contributed by atoms with van der Waals surface area (Å²) in [5.41, 5.74) is 1.69. The van der Waals surface area contributed by atoms with E-state index in [1.807, 2.05) is 60.7 Å². The van der Waals surface area contributed by atoms with Gasteiger partial charge in [-0.2, -0.15) is 0 Å². The molecule has 0 atom stereocenters. The number of benzene rings is 2. The first kappa shape index (κ1) is 18.4. The Morgan fingerprint density at radius 1 is 0.862 bits per heavy atom. The van der Waals surface area contributed by atoms with Gasteiger partial charge in [0.1, 0.15) is 5.75 Å². The largest absolute Gasteiger partial charge is 0.493 e. The van der Waals surface area contributed by atoms with E-state index in [1.54, 1.807) is 18.3 Å². The van der Waals surface area contributed by atoms with Crippen LogP contribution < -0.4 is 15.4 Å². The fourth-order valence-corrected chi connectivity index (χ4v) is 2.79. The van der Waals surface area contributed by atoms with Gasteiger partial charge >= 0.3 is 0 Å². The summed E-state index contributed by atoms with van der Waals surface area (Å²) in [5, 5.41) is 15.1. The maximum absolute atomic E-state index is 12.0. The number of pyridine rings is 1. The maximum atomic E-state index is 12.0. The summed E-state index contributed by atoms with van der Waals surface area (Å²) in [4.78, 5) is 16.4. The zero-order chi connectivity index (χ0) is 19.9. The van der Waals surface area contributed by atoms with Crippen LogP contribution in [0, 0.1) is 0 Å². The highest BCUT2D eigenvalue weighted by molar-refractivity contribution is 5.92. The average Bonchev–Trinajstić information content (AvgIpc) is 2.76. The Labute approximate surface area is 167 Å². The number of anilines is 3. The quantitative estimate of drug-likeness (QED) is 0.496. The predicted octanol–water partition coefficient (Wildman–Crippen LogP) is 4.18. The van der Waals surface area contributed by atoms with Gasteiger partial charge in [-0.3, -0.25) is 9.78 Å². The van der Waals surface area contributed by atoms with Crippen molar-refractivity contribution in [2.75, 3.05) is 17.2 Å². The van der Waals surface area contributed by atoms with E-state index in [2.05, 4.69) is 25.8 Å². The van der Waals surface area contributed by atoms with Crippen LogP contribution in [-0.2, 0) is 4.79 Å². The van der Waals surface area contributed by atoms with Gasteiger partial charge in [0.2, 0.25) is 5.91 Å². The van der Waals surface area contributed by atoms with E-state index in [9.17, 15) is 4.79 Å². The number of nitrogens with one attached hydrogen (secondary N) is 2. The van der Waals surface area contributed by atoms with Crippen molar-refractivity contribution in [3.05, 3.63) is 79.0 Å². The Kier molecular flexibility index (Phi) is 5.57. The molecule has 0 saturated heterocycles. The first-order valence-corrected chi connectivity index (χ1v) is 9.20. The number of hydrogen-bond acceptors (Lipinski definition) is 6. The van der Waals surface area contributed by atoms with Gasteiger partial charge in [0, 0.05) is 11.6 Å². The lowest BCUT2D eigenvalue weighted by Gasteiger charge is -2.09. The Morgan fingerprint density at radius 2 is 1.66 bits per heavy atom. The molecule has 0 saturated carbocycles. The van der Waals surface area contributed by atoms with Crippen molar-refractivity contribution in [3.63, 3.8) is 0 Å². The molecular formula is C22H19N5O2. The van der Waals surface area contributed by atoms with Gasteiger partial charge in [0.25, 0.3) is 0 Å². The molecule has 0 aliphatic heterocycles. The van der Waals surface area contributed by atoms with Crippen LogP contribution in [-0.4, -0.2) is 27.7 Å². The fourth-order valence-electron chi connectivity index (χ4n) is 2.79. The minimum atomic E-state index is -0.186. The minimum absolute atomic E-state index is 0.186. The molecule has 0 fully saturated rings. The molecule has 4 aromatic rings. The second-order valence-electron chi connectivity index (χ2n) is 6.27. The van der Waals surface area contributed by atoms with Crippen LogP contribution in [0.4, 0.5) is 17.3 Å². The van der Waals surface area contributed by atoms with Gasteiger partial charge in [-0.25, -0.2) is 0 Å². The number of rotatable bonds is 7. The highest BCUT2D eigenvalue weighted by Crippen LogP contribution is 2.23. The van der Waals surface area contributed by atoms with Gasteiger partial charge in [-0.1, -0.05) is 36.4 Å². The number of carbonyl (C=O) groups excluding carboxylic acids is 1. The normalized spacial score (nSPS) is 10.5. The monoisotopic (exact) mass is 385 g/mol. The van der Waals surface area contributed by atoms with Crippen molar-refractivity contribution in [1.82, 2.24) is 15.2 Å². The zero-order valence-corrected chi connectivity index (χ0v) is 15.6. The topological polar surface area (TPSA) is 89.0 Å². The van der Waals surface area contributed by atoms with E-state index in [0.29, 0.717) is 11.6 Å². The molecule has 2 N–H and O–H groups in total. The van der Waals surface area contributed by atoms with Crippen LogP contribution >= 0.6 is 0 Å². The number of para-hydroxylation sites is 2. The molecule has 1 amide bonds. The van der Waals surface area contributed by atoms with Crippen molar-refractivity contribution in [2.45, 2.75) is 6.42 Å². The number of amides is 1. The molecule has 29 heavy (non-hydrogen) atoms. The summed E-state index contributed by atoms with van der Waals surface area (Å²) in [7, 11) is 0. The Balaban J connectivity index is 1.32.